The fraction of sp³-hybridized carbons (Fsp3) is 0.929. The predicted molar refractivity (Wildman–Crippen MR) is 76.7 cm³/mol. The summed E-state index contributed by atoms with van der Waals surface area (Å²) in [6, 6.07) is 0.514. The van der Waals surface area contributed by atoms with Crippen LogP contribution in [-0.2, 0) is 4.79 Å². The Morgan fingerprint density at radius 2 is 1.83 bits per heavy atom. The van der Waals surface area contributed by atoms with Crippen molar-refractivity contribution < 1.29 is 4.79 Å². The normalized spacial score (nSPS) is 35.9. The third kappa shape index (κ3) is 3.86. The summed E-state index contributed by atoms with van der Waals surface area (Å²) in [4.78, 5) is 12.1. The SMILES string of the molecule is CCC1CCC(NC(=O)C2CCCC2N)CC1.Cl. The van der Waals surface area contributed by atoms with Gasteiger partial charge in [0.15, 0.2) is 0 Å². The molecule has 0 aromatic rings. The second kappa shape index (κ2) is 7.34. The van der Waals surface area contributed by atoms with Crippen LogP contribution >= 0.6 is 12.4 Å². The molecule has 3 nitrogen and oxygen atoms in total. The van der Waals surface area contributed by atoms with Crippen molar-refractivity contribution in [2.45, 2.75) is 70.4 Å². The topological polar surface area (TPSA) is 55.1 Å². The molecule has 2 aliphatic carbocycles. The van der Waals surface area contributed by atoms with Crippen molar-refractivity contribution in [3.05, 3.63) is 0 Å². The fourth-order valence-corrected chi connectivity index (χ4v) is 3.34. The molecular formula is C14H27ClN2O. The molecule has 0 bridgehead atoms. The Morgan fingerprint density at radius 1 is 1.17 bits per heavy atom. The van der Waals surface area contributed by atoms with Crippen molar-refractivity contribution in [2.75, 3.05) is 0 Å². The molecule has 18 heavy (non-hydrogen) atoms. The second-order valence-electron chi connectivity index (χ2n) is 5.84. The number of hydrogen-bond donors (Lipinski definition) is 2. The van der Waals surface area contributed by atoms with Gasteiger partial charge in [-0.25, -0.2) is 0 Å². The van der Waals surface area contributed by atoms with E-state index >= 15 is 0 Å². The summed E-state index contributed by atoms with van der Waals surface area (Å²) in [6.45, 7) is 2.27. The Hall–Kier alpha value is -0.280. The molecule has 4 heteroatoms. The minimum atomic E-state index is 0. The zero-order valence-corrected chi connectivity index (χ0v) is 12.2. The smallest absolute Gasteiger partial charge is 0.224 e. The molecule has 0 spiro atoms. The van der Waals surface area contributed by atoms with E-state index in [0.29, 0.717) is 6.04 Å². The van der Waals surface area contributed by atoms with Crippen LogP contribution in [-0.4, -0.2) is 18.0 Å². The van der Waals surface area contributed by atoms with E-state index in [2.05, 4.69) is 12.2 Å². The molecule has 0 aliphatic heterocycles. The highest BCUT2D eigenvalue weighted by molar-refractivity contribution is 5.85. The average molecular weight is 275 g/mol. The van der Waals surface area contributed by atoms with Crippen molar-refractivity contribution in [3.8, 4) is 0 Å². The lowest BCUT2D eigenvalue weighted by molar-refractivity contribution is -0.126. The molecule has 0 aromatic carbocycles. The summed E-state index contributed by atoms with van der Waals surface area (Å²) in [6.07, 6.45) is 9.27. The zero-order chi connectivity index (χ0) is 12.3. The molecule has 2 atom stereocenters. The second-order valence-corrected chi connectivity index (χ2v) is 5.84. The monoisotopic (exact) mass is 274 g/mol. The summed E-state index contributed by atoms with van der Waals surface area (Å²) < 4.78 is 0. The van der Waals surface area contributed by atoms with Crippen LogP contribution in [0.4, 0.5) is 0 Å². The van der Waals surface area contributed by atoms with Gasteiger partial charge in [0.2, 0.25) is 5.91 Å². The van der Waals surface area contributed by atoms with Gasteiger partial charge in [-0.15, -0.1) is 12.4 Å². The maximum absolute atomic E-state index is 12.1. The van der Waals surface area contributed by atoms with Gasteiger partial charge < -0.3 is 11.1 Å². The minimum Gasteiger partial charge on any atom is -0.353 e. The highest BCUT2D eigenvalue weighted by atomic mass is 35.5. The van der Waals surface area contributed by atoms with E-state index in [9.17, 15) is 4.79 Å². The van der Waals surface area contributed by atoms with Crippen LogP contribution in [0.3, 0.4) is 0 Å². The lowest BCUT2D eigenvalue weighted by Crippen LogP contribution is -2.44. The first-order valence-corrected chi connectivity index (χ1v) is 7.26. The molecule has 3 N–H and O–H groups in total. The number of carbonyl (C=O) groups is 1. The molecule has 0 heterocycles. The number of nitrogens with one attached hydrogen (secondary N) is 1. The molecule has 2 saturated carbocycles. The highest BCUT2D eigenvalue weighted by Crippen LogP contribution is 2.28. The standard InChI is InChI=1S/C14H26N2O.ClH/c1-2-10-6-8-11(9-7-10)16-14(17)12-4-3-5-13(12)15;/h10-13H,2-9,15H2,1H3,(H,16,17);1H. The largest absolute Gasteiger partial charge is 0.353 e. The lowest BCUT2D eigenvalue weighted by Gasteiger charge is -2.29. The van der Waals surface area contributed by atoms with Crippen molar-refractivity contribution in [2.24, 2.45) is 17.6 Å². The van der Waals surface area contributed by atoms with Crippen LogP contribution in [0.5, 0.6) is 0 Å². The minimum absolute atomic E-state index is 0. The molecule has 1 amide bonds. The van der Waals surface area contributed by atoms with E-state index in [1.165, 1.54) is 19.3 Å². The maximum Gasteiger partial charge on any atom is 0.224 e. The third-order valence-electron chi connectivity index (χ3n) is 4.68. The molecule has 106 valence electrons. The Morgan fingerprint density at radius 3 is 2.33 bits per heavy atom. The van der Waals surface area contributed by atoms with Gasteiger partial charge in [0.1, 0.15) is 0 Å². The van der Waals surface area contributed by atoms with Crippen molar-refractivity contribution in [3.63, 3.8) is 0 Å². The third-order valence-corrected chi connectivity index (χ3v) is 4.68. The van der Waals surface area contributed by atoms with Gasteiger partial charge in [-0.2, -0.15) is 0 Å². The van der Waals surface area contributed by atoms with Crippen LogP contribution in [0.15, 0.2) is 0 Å². The van der Waals surface area contributed by atoms with Gasteiger partial charge in [0.25, 0.3) is 0 Å². The Labute approximate surface area is 117 Å². The Balaban J connectivity index is 0.00000162. The summed E-state index contributed by atoms with van der Waals surface area (Å²) >= 11 is 0. The van der Waals surface area contributed by atoms with E-state index in [1.807, 2.05) is 0 Å². The summed E-state index contributed by atoms with van der Waals surface area (Å²) in [5, 5.41) is 3.22. The summed E-state index contributed by atoms with van der Waals surface area (Å²) in [5.74, 6) is 1.19. The first kappa shape index (κ1) is 15.8. The molecule has 0 aromatic heterocycles. The molecule has 0 radical (unpaired) electrons. The number of rotatable bonds is 3. The fourth-order valence-electron chi connectivity index (χ4n) is 3.34. The maximum atomic E-state index is 12.1. The van der Waals surface area contributed by atoms with Crippen LogP contribution in [0.1, 0.15) is 58.3 Å². The number of amides is 1. The van der Waals surface area contributed by atoms with E-state index in [4.69, 9.17) is 5.73 Å². The number of halogens is 1. The van der Waals surface area contributed by atoms with Crippen molar-refractivity contribution in [1.82, 2.24) is 5.32 Å². The van der Waals surface area contributed by atoms with Crippen LogP contribution < -0.4 is 11.1 Å². The van der Waals surface area contributed by atoms with Crippen molar-refractivity contribution >= 4 is 18.3 Å². The molecule has 2 unspecified atom stereocenters. The molecule has 2 fully saturated rings. The zero-order valence-electron chi connectivity index (χ0n) is 11.4. The van der Waals surface area contributed by atoms with Crippen LogP contribution in [0.25, 0.3) is 0 Å². The first-order valence-electron chi connectivity index (χ1n) is 7.26. The number of nitrogens with two attached hydrogens (primary N) is 1. The number of carbonyl (C=O) groups excluding carboxylic acids is 1. The molecule has 2 rings (SSSR count). The van der Waals surface area contributed by atoms with Gasteiger partial charge in [-0.1, -0.05) is 19.8 Å². The first-order chi connectivity index (χ1) is 8.20. The highest BCUT2D eigenvalue weighted by Gasteiger charge is 2.32. The molecule has 2 aliphatic rings. The molecular weight excluding hydrogens is 248 g/mol. The van der Waals surface area contributed by atoms with Crippen LogP contribution in [0.2, 0.25) is 0 Å². The van der Waals surface area contributed by atoms with E-state index < -0.39 is 0 Å². The lowest BCUT2D eigenvalue weighted by atomic mass is 9.84. The van der Waals surface area contributed by atoms with Gasteiger partial charge >= 0.3 is 0 Å². The molecule has 0 saturated heterocycles. The van der Waals surface area contributed by atoms with Gasteiger partial charge in [0, 0.05) is 12.1 Å². The Kier molecular flexibility index (Phi) is 6.44. The summed E-state index contributed by atoms with van der Waals surface area (Å²) in [5.41, 5.74) is 5.97. The van der Waals surface area contributed by atoms with Gasteiger partial charge in [-0.05, 0) is 44.4 Å². The van der Waals surface area contributed by atoms with Crippen molar-refractivity contribution in [1.29, 1.82) is 0 Å². The van der Waals surface area contributed by atoms with E-state index in [1.54, 1.807) is 0 Å². The quantitative estimate of drug-likeness (QED) is 0.831. The van der Waals surface area contributed by atoms with E-state index in [0.717, 1.165) is 38.0 Å². The van der Waals surface area contributed by atoms with Gasteiger partial charge in [-0.3, -0.25) is 4.79 Å². The van der Waals surface area contributed by atoms with E-state index in [-0.39, 0.29) is 30.3 Å². The average Bonchev–Trinajstić information content (AvgIpc) is 2.76. The van der Waals surface area contributed by atoms with Crippen LogP contribution in [0, 0.1) is 11.8 Å². The summed E-state index contributed by atoms with van der Waals surface area (Å²) in [7, 11) is 0. The predicted octanol–water partition coefficient (Wildman–Crippen LogP) is 2.62. The Bertz CT molecular complexity index is 265. The van der Waals surface area contributed by atoms with Gasteiger partial charge in [0.05, 0.1) is 5.92 Å². The number of hydrogen-bond acceptors (Lipinski definition) is 2.